The van der Waals surface area contributed by atoms with Crippen molar-refractivity contribution in [1.82, 2.24) is 19.5 Å². The fraction of sp³-hybridized carbons (Fsp3) is 0.185. The quantitative estimate of drug-likeness (QED) is 0.303. The number of anilines is 2. The summed E-state index contributed by atoms with van der Waals surface area (Å²) in [5.74, 6) is 0.553. The molecule has 4 N–H and O–H groups in total. The minimum Gasteiger partial charge on any atom is -0.383 e. The van der Waals surface area contributed by atoms with Crippen molar-refractivity contribution < 1.29 is 0 Å². The number of nitrogens with two attached hydrogens (primary N) is 2. The maximum absolute atomic E-state index is 12.9. The summed E-state index contributed by atoms with van der Waals surface area (Å²) in [4.78, 5) is 26.2. The number of hydrogen-bond donors (Lipinski definition) is 2. The molecule has 0 fully saturated rings. The molecule has 186 valence electrons. The molecule has 7 nitrogen and oxygen atoms in total. The summed E-state index contributed by atoms with van der Waals surface area (Å²) in [7, 11) is 0. The second-order valence-corrected chi connectivity index (χ2v) is 9.45. The lowest BCUT2D eigenvalue weighted by molar-refractivity contribution is 0.912. The number of rotatable bonds is 5. The first-order valence-corrected chi connectivity index (χ1v) is 12.5. The predicted molar refractivity (Wildman–Crippen MR) is 153 cm³/mol. The number of nitrogen functional groups attached to an aromatic ring is 2. The van der Waals surface area contributed by atoms with Crippen molar-refractivity contribution in [1.29, 1.82) is 0 Å². The van der Waals surface area contributed by atoms with Crippen LogP contribution in [0.2, 0.25) is 5.02 Å². The SMILES string of the molecule is C=C/C(=C\C=C/C)n1c(CC)cc2cccc(Cl)c2c1=O.Cc1nc(-c2cnc(N)nc2N)sc1C. The van der Waals surface area contributed by atoms with Crippen molar-refractivity contribution in [3.63, 3.8) is 0 Å². The summed E-state index contributed by atoms with van der Waals surface area (Å²) in [6.45, 7) is 11.7. The Morgan fingerprint density at radius 1 is 1.25 bits per heavy atom. The molecular formula is C27H29ClN6OS. The Bertz CT molecular complexity index is 1510. The molecule has 1 aromatic carbocycles. The Kier molecular flexibility index (Phi) is 8.79. The number of fused-ring (bicyclic) bond motifs is 1. The second-order valence-electron chi connectivity index (χ2n) is 7.84. The van der Waals surface area contributed by atoms with Crippen molar-refractivity contribution in [2.24, 2.45) is 0 Å². The van der Waals surface area contributed by atoms with Gasteiger partial charge in [0.1, 0.15) is 10.8 Å². The van der Waals surface area contributed by atoms with E-state index in [1.165, 1.54) is 4.88 Å². The first-order chi connectivity index (χ1) is 17.2. The molecule has 0 atom stereocenters. The fourth-order valence-corrected chi connectivity index (χ4v) is 4.70. The van der Waals surface area contributed by atoms with Crippen molar-refractivity contribution in [2.75, 3.05) is 11.5 Å². The van der Waals surface area contributed by atoms with Gasteiger partial charge < -0.3 is 11.5 Å². The van der Waals surface area contributed by atoms with Gasteiger partial charge in [-0.2, -0.15) is 4.98 Å². The summed E-state index contributed by atoms with van der Waals surface area (Å²) < 4.78 is 1.68. The van der Waals surface area contributed by atoms with E-state index in [0.29, 0.717) is 16.2 Å². The molecule has 3 heterocycles. The van der Waals surface area contributed by atoms with Gasteiger partial charge in [0.05, 0.1) is 21.7 Å². The lowest BCUT2D eigenvalue weighted by Gasteiger charge is -2.14. The van der Waals surface area contributed by atoms with E-state index in [4.69, 9.17) is 23.1 Å². The van der Waals surface area contributed by atoms with Crippen LogP contribution in [0.25, 0.3) is 27.0 Å². The molecular weight excluding hydrogens is 492 g/mol. The number of benzene rings is 1. The fourth-order valence-electron chi connectivity index (χ4n) is 3.51. The standard InChI is InChI=1S/C18H18ClNO.C9H11N5S/c1-4-7-10-14(5-2)20-15(6-3)12-13-9-8-11-16(19)17(13)18(20)21;1-4-5(2)15-8(13-4)6-3-12-9(11)14-7(6)10/h4-5,7-12H,2,6H2,1,3H3;3H,1-2H3,(H4,10,11,12,14)/b7-4-,14-10+;. The Balaban J connectivity index is 0.000000212. The van der Waals surface area contributed by atoms with Crippen LogP contribution < -0.4 is 17.0 Å². The number of aryl methyl sites for hydroxylation is 3. The highest BCUT2D eigenvalue weighted by atomic mass is 35.5. The highest BCUT2D eigenvalue weighted by molar-refractivity contribution is 7.15. The first kappa shape index (κ1) is 26.8. The van der Waals surface area contributed by atoms with Crippen molar-refractivity contribution in [3.8, 4) is 10.6 Å². The monoisotopic (exact) mass is 520 g/mol. The number of aromatic nitrogens is 4. The van der Waals surface area contributed by atoms with Crippen LogP contribution in [0.5, 0.6) is 0 Å². The van der Waals surface area contributed by atoms with E-state index in [-0.39, 0.29) is 11.5 Å². The summed E-state index contributed by atoms with van der Waals surface area (Å²) in [6.07, 6.45) is 9.71. The van der Waals surface area contributed by atoms with Gasteiger partial charge in [-0.05, 0) is 56.9 Å². The Hall–Kier alpha value is -3.75. The third-order valence-electron chi connectivity index (χ3n) is 5.46. The number of thiazole rings is 1. The molecule has 0 saturated carbocycles. The van der Waals surface area contributed by atoms with E-state index in [2.05, 4.69) is 21.5 Å². The van der Waals surface area contributed by atoms with E-state index in [9.17, 15) is 4.79 Å². The van der Waals surface area contributed by atoms with Crippen molar-refractivity contribution in [2.45, 2.75) is 34.1 Å². The van der Waals surface area contributed by atoms with Gasteiger partial charge in [0, 0.05) is 22.5 Å². The smallest absolute Gasteiger partial charge is 0.264 e. The maximum Gasteiger partial charge on any atom is 0.264 e. The van der Waals surface area contributed by atoms with Crippen LogP contribution in [0.4, 0.5) is 11.8 Å². The molecule has 0 amide bonds. The topological polar surface area (TPSA) is 113 Å². The molecule has 3 aromatic heterocycles. The van der Waals surface area contributed by atoms with E-state index in [1.807, 2.05) is 64.1 Å². The van der Waals surface area contributed by atoms with Gasteiger partial charge in [0.15, 0.2) is 0 Å². The van der Waals surface area contributed by atoms with Crippen LogP contribution in [-0.2, 0) is 6.42 Å². The summed E-state index contributed by atoms with van der Waals surface area (Å²) in [5, 5.41) is 2.73. The Morgan fingerprint density at radius 3 is 2.58 bits per heavy atom. The summed E-state index contributed by atoms with van der Waals surface area (Å²) >= 11 is 7.78. The minimum atomic E-state index is -0.106. The van der Waals surface area contributed by atoms with Gasteiger partial charge >= 0.3 is 0 Å². The molecule has 0 aliphatic heterocycles. The zero-order valence-corrected chi connectivity index (χ0v) is 22.3. The molecule has 0 saturated heterocycles. The van der Waals surface area contributed by atoms with Gasteiger partial charge in [0.25, 0.3) is 5.56 Å². The minimum absolute atomic E-state index is 0.106. The van der Waals surface area contributed by atoms with Gasteiger partial charge in [0.2, 0.25) is 5.95 Å². The second kappa shape index (κ2) is 11.8. The van der Waals surface area contributed by atoms with Crippen LogP contribution >= 0.6 is 22.9 Å². The van der Waals surface area contributed by atoms with Crippen LogP contribution in [0, 0.1) is 13.8 Å². The van der Waals surface area contributed by atoms with E-state index >= 15 is 0 Å². The van der Waals surface area contributed by atoms with E-state index in [1.54, 1.807) is 34.2 Å². The molecule has 0 spiro atoms. The number of halogens is 1. The molecule has 0 aliphatic carbocycles. The van der Waals surface area contributed by atoms with Gasteiger partial charge in [-0.1, -0.05) is 49.4 Å². The lowest BCUT2D eigenvalue weighted by atomic mass is 10.1. The Labute approximate surface area is 219 Å². The highest BCUT2D eigenvalue weighted by Gasteiger charge is 2.13. The third kappa shape index (κ3) is 5.72. The molecule has 0 bridgehead atoms. The number of pyridine rings is 1. The van der Waals surface area contributed by atoms with E-state index in [0.717, 1.165) is 39.5 Å². The molecule has 4 rings (SSSR count). The van der Waals surface area contributed by atoms with Crippen LogP contribution in [-0.4, -0.2) is 19.5 Å². The molecule has 9 heteroatoms. The average Bonchev–Trinajstić information content (AvgIpc) is 3.18. The third-order valence-corrected chi connectivity index (χ3v) is 6.88. The largest absolute Gasteiger partial charge is 0.383 e. The molecule has 0 unspecified atom stereocenters. The van der Waals surface area contributed by atoms with Crippen LogP contribution in [0.3, 0.4) is 0 Å². The van der Waals surface area contributed by atoms with Crippen molar-refractivity contribution >= 4 is 51.2 Å². The Morgan fingerprint density at radius 2 is 2.00 bits per heavy atom. The summed E-state index contributed by atoms with van der Waals surface area (Å²) in [5.41, 5.74) is 14.5. The van der Waals surface area contributed by atoms with E-state index < -0.39 is 0 Å². The zero-order valence-electron chi connectivity index (χ0n) is 20.7. The molecule has 4 aromatic rings. The normalized spacial score (nSPS) is 11.5. The molecule has 0 aliphatic rings. The number of hydrogen-bond acceptors (Lipinski definition) is 7. The van der Waals surface area contributed by atoms with Gasteiger partial charge in [-0.25, -0.2) is 9.97 Å². The van der Waals surface area contributed by atoms with Gasteiger partial charge in [-0.3, -0.25) is 9.36 Å². The maximum atomic E-state index is 12.9. The number of nitrogens with zero attached hydrogens (tertiary/aromatic N) is 4. The summed E-state index contributed by atoms with van der Waals surface area (Å²) in [6, 6.07) is 7.52. The predicted octanol–water partition coefficient (Wildman–Crippen LogP) is 6.20. The average molecular weight is 521 g/mol. The lowest BCUT2D eigenvalue weighted by Crippen LogP contribution is -2.22. The van der Waals surface area contributed by atoms with Gasteiger partial charge in [-0.15, -0.1) is 11.3 Å². The zero-order chi connectivity index (χ0) is 26.4. The molecule has 36 heavy (non-hydrogen) atoms. The number of allylic oxidation sites excluding steroid dienone is 5. The van der Waals surface area contributed by atoms with Crippen molar-refractivity contribution in [3.05, 3.63) is 93.0 Å². The van der Waals surface area contributed by atoms with Crippen LogP contribution in [0.1, 0.15) is 30.1 Å². The highest BCUT2D eigenvalue weighted by Crippen LogP contribution is 2.30. The first-order valence-electron chi connectivity index (χ1n) is 11.3. The molecule has 0 radical (unpaired) electrons. The van der Waals surface area contributed by atoms with Crippen LogP contribution in [0.15, 0.2) is 66.1 Å².